The highest BCUT2D eigenvalue weighted by atomic mass is 16.4. The molecule has 0 aliphatic rings. The lowest BCUT2D eigenvalue weighted by Crippen LogP contribution is -2.19. The van der Waals surface area contributed by atoms with Gasteiger partial charge in [-0.05, 0) is 36.4 Å². The van der Waals surface area contributed by atoms with E-state index in [0.717, 1.165) is 5.56 Å². The van der Waals surface area contributed by atoms with Gasteiger partial charge in [-0.1, -0.05) is 6.07 Å². The Bertz CT molecular complexity index is 1040. The number of carbonyl (C=O) groups is 1. The van der Waals surface area contributed by atoms with Crippen LogP contribution in [0.25, 0.3) is 22.6 Å². The highest BCUT2D eigenvalue weighted by Gasteiger charge is 2.08. The number of aromatic nitrogens is 3. The highest BCUT2D eigenvalue weighted by molar-refractivity contribution is 6.00. The van der Waals surface area contributed by atoms with Crippen LogP contribution in [-0.4, -0.2) is 21.2 Å². The van der Waals surface area contributed by atoms with Crippen LogP contribution >= 0.6 is 0 Å². The fourth-order valence-electron chi connectivity index (χ4n) is 2.44. The molecule has 2 N–H and O–H groups in total. The Labute approximate surface area is 141 Å². The van der Waals surface area contributed by atoms with Crippen molar-refractivity contribution < 1.29 is 13.6 Å². The minimum atomic E-state index is -0.373. The van der Waals surface area contributed by atoms with Crippen molar-refractivity contribution in [2.24, 2.45) is 0 Å². The summed E-state index contributed by atoms with van der Waals surface area (Å²) in [6.07, 6.45) is 1.25. The first kappa shape index (κ1) is 14.9. The van der Waals surface area contributed by atoms with E-state index < -0.39 is 0 Å². The van der Waals surface area contributed by atoms with Crippen LogP contribution in [0.1, 0.15) is 5.89 Å². The van der Waals surface area contributed by atoms with Crippen molar-refractivity contribution in [2.75, 3.05) is 10.6 Å². The Kier molecular flexibility index (Phi) is 3.62. The average molecular weight is 335 g/mol. The van der Waals surface area contributed by atoms with Gasteiger partial charge in [0.15, 0.2) is 11.5 Å². The molecule has 8 heteroatoms. The molecular formula is C17H13N5O3. The molecule has 124 valence electrons. The Morgan fingerprint density at radius 1 is 1.08 bits per heavy atom. The highest BCUT2D eigenvalue weighted by Crippen LogP contribution is 2.22. The number of benzene rings is 2. The Morgan fingerprint density at radius 3 is 2.72 bits per heavy atom. The molecule has 2 heterocycles. The van der Waals surface area contributed by atoms with E-state index in [1.807, 2.05) is 6.07 Å². The topological polar surface area (TPSA) is 106 Å². The van der Waals surface area contributed by atoms with Gasteiger partial charge in [-0.25, -0.2) is 9.78 Å². The molecule has 2 aromatic heterocycles. The van der Waals surface area contributed by atoms with Gasteiger partial charge in [0.25, 0.3) is 0 Å². The van der Waals surface area contributed by atoms with E-state index in [4.69, 9.17) is 8.83 Å². The number of fused-ring (bicyclic) bond motifs is 1. The first-order valence-corrected chi connectivity index (χ1v) is 7.49. The number of anilines is 2. The molecule has 2 aromatic carbocycles. The molecule has 0 aliphatic heterocycles. The normalized spacial score (nSPS) is 10.8. The van der Waals surface area contributed by atoms with E-state index in [1.54, 1.807) is 43.3 Å². The molecule has 0 atom stereocenters. The number of carbonyl (C=O) groups excluding carboxylic acids is 1. The number of amides is 2. The molecule has 0 unspecified atom stereocenters. The molecule has 4 aromatic rings. The lowest BCUT2D eigenvalue weighted by Gasteiger charge is -2.08. The number of hydrogen-bond acceptors (Lipinski definition) is 6. The van der Waals surface area contributed by atoms with E-state index in [-0.39, 0.29) is 6.03 Å². The summed E-state index contributed by atoms with van der Waals surface area (Å²) in [5.41, 5.74) is 3.30. The largest absolute Gasteiger partial charge is 0.441 e. The molecule has 0 radical (unpaired) electrons. The van der Waals surface area contributed by atoms with Crippen LogP contribution in [-0.2, 0) is 0 Å². The number of nitrogens with zero attached hydrogens (tertiary/aromatic N) is 3. The molecule has 0 aliphatic carbocycles. The van der Waals surface area contributed by atoms with Crippen molar-refractivity contribution in [3.05, 3.63) is 54.7 Å². The van der Waals surface area contributed by atoms with Crippen molar-refractivity contribution in [1.82, 2.24) is 15.2 Å². The molecule has 0 saturated carbocycles. The zero-order valence-electron chi connectivity index (χ0n) is 13.2. The standard InChI is InChI=1S/C17H13N5O3/c1-10-19-14-8-13(5-6-15(14)25-10)21-17(23)20-12-4-2-3-11(7-12)16-22-18-9-24-16/h2-9H,1H3,(H2,20,21,23). The van der Waals surface area contributed by atoms with E-state index in [0.29, 0.717) is 34.3 Å². The van der Waals surface area contributed by atoms with Crippen LogP contribution in [0, 0.1) is 6.92 Å². The maximum Gasteiger partial charge on any atom is 0.323 e. The van der Waals surface area contributed by atoms with Crippen LogP contribution in [0.2, 0.25) is 0 Å². The molecule has 0 spiro atoms. The van der Waals surface area contributed by atoms with Gasteiger partial charge in [0, 0.05) is 23.9 Å². The number of hydrogen-bond donors (Lipinski definition) is 2. The predicted molar refractivity (Wildman–Crippen MR) is 91.1 cm³/mol. The number of nitrogens with one attached hydrogen (secondary N) is 2. The number of urea groups is 1. The fourth-order valence-corrected chi connectivity index (χ4v) is 2.44. The maximum atomic E-state index is 12.2. The van der Waals surface area contributed by atoms with Crippen molar-refractivity contribution in [3.8, 4) is 11.5 Å². The first-order valence-electron chi connectivity index (χ1n) is 7.49. The third-order valence-electron chi connectivity index (χ3n) is 3.48. The Balaban J connectivity index is 1.48. The monoisotopic (exact) mass is 335 g/mol. The second-order valence-corrected chi connectivity index (χ2v) is 5.32. The quantitative estimate of drug-likeness (QED) is 0.589. The SMILES string of the molecule is Cc1nc2cc(NC(=O)Nc3cccc(-c4nnco4)c3)ccc2o1. The van der Waals surface area contributed by atoms with E-state index in [9.17, 15) is 4.79 Å². The Hall–Kier alpha value is -3.68. The van der Waals surface area contributed by atoms with Crippen molar-refractivity contribution in [1.29, 1.82) is 0 Å². The summed E-state index contributed by atoms with van der Waals surface area (Å²) in [5, 5.41) is 13.0. The predicted octanol–water partition coefficient (Wildman–Crippen LogP) is 3.83. The van der Waals surface area contributed by atoms with Gasteiger partial charge in [-0.2, -0.15) is 0 Å². The molecule has 0 fully saturated rings. The second-order valence-electron chi connectivity index (χ2n) is 5.32. The third-order valence-corrected chi connectivity index (χ3v) is 3.48. The number of rotatable bonds is 3. The van der Waals surface area contributed by atoms with Gasteiger partial charge in [-0.3, -0.25) is 0 Å². The fraction of sp³-hybridized carbons (Fsp3) is 0.0588. The van der Waals surface area contributed by atoms with E-state index >= 15 is 0 Å². The summed E-state index contributed by atoms with van der Waals surface area (Å²) >= 11 is 0. The lowest BCUT2D eigenvalue weighted by atomic mass is 10.2. The molecule has 25 heavy (non-hydrogen) atoms. The second kappa shape index (κ2) is 6.08. The molecule has 8 nitrogen and oxygen atoms in total. The van der Waals surface area contributed by atoms with Crippen LogP contribution in [0.4, 0.5) is 16.2 Å². The molecular weight excluding hydrogens is 322 g/mol. The lowest BCUT2D eigenvalue weighted by molar-refractivity contribution is 0.262. The third kappa shape index (κ3) is 3.18. The minimum absolute atomic E-state index is 0.373. The molecule has 0 saturated heterocycles. The summed E-state index contributed by atoms with van der Waals surface area (Å²) in [7, 11) is 0. The van der Waals surface area contributed by atoms with Gasteiger partial charge in [0.05, 0.1) is 0 Å². The summed E-state index contributed by atoms with van der Waals surface area (Å²) in [4.78, 5) is 16.4. The summed E-state index contributed by atoms with van der Waals surface area (Å²) < 4.78 is 10.6. The van der Waals surface area contributed by atoms with Gasteiger partial charge in [0.2, 0.25) is 12.3 Å². The van der Waals surface area contributed by atoms with E-state index in [2.05, 4.69) is 25.8 Å². The smallest absolute Gasteiger partial charge is 0.323 e. The summed E-state index contributed by atoms with van der Waals surface area (Å²) in [5.74, 6) is 0.963. The number of oxazole rings is 1. The number of aryl methyl sites for hydroxylation is 1. The summed E-state index contributed by atoms with van der Waals surface area (Å²) in [6.45, 7) is 1.77. The van der Waals surface area contributed by atoms with Gasteiger partial charge in [-0.15, -0.1) is 10.2 Å². The maximum absolute atomic E-state index is 12.2. The van der Waals surface area contributed by atoms with Crippen molar-refractivity contribution in [3.63, 3.8) is 0 Å². The van der Waals surface area contributed by atoms with Gasteiger partial charge >= 0.3 is 6.03 Å². The molecule has 0 bridgehead atoms. The van der Waals surface area contributed by atoms with Gasteiger partial charge in [0.1, 0.15) is 5.52 Å². The first-order chi connectivity index (χ1) is 12.2. The Morgan fingerprint density at radius 2 is 1.92 bits per heavy atom. The molecule has 4 rings (SSSR count). The minimum Gasteiger partial charge on any atom is -0.441 e. The van der Waals surface area contributed by atoms with Crippen LogP contribution < -0.4 is 10.6 Å². The van der Waals surface area contributed by atoms with Crippen molar-refractivity contribution >= 4 is 28.5 Å². The molecule has 2 amide bonds. The zero-order valence-corrected chi connectivity index (χ0v) is 13.2. The summed E-state index contributed by atoms with van der Waals surface area (Å²) in [6, 6.07) is 12.0. The van der Waals surface area contributed by atoms with E-state index in [1.165, 1.54) is 6.39 Å². The van der Waals surface area contributed by atoms with Crippen LogP contribution in [0.3, 0.4) is 0 Å². The van der Waals surface area contributed by atoms with Crippen molar-refractivity contribution in [2.45, 2.75) is 6.92 Å². The van der Waals surface area contributed by atoms with Crippen LogP contribution in [0.5, 0.6) is 0 Å². The zero-order chi connectivity index (χ0) is 17.2. The van der Waals surface area contributed by atoms with Gasteiger partial charge < -0.3 is 19.5 Å². The average Bonchev–Trinajstić information content (AvgIpc) is 3.23. The van der Waals surface area contributed by atoms with Crippen LogP contribution in [0.15, 0.2) is 57.7 Å².